The number of aromatic nitrogens is 2. The number of aryl methyl sites for hydroxylation is 1. The maximum Gasteiger partial charge on any atom is 0.279 e. The minimum absolute atomic E-state index is 0.0816. The summed E-state index contributed by atoms with van der Waals surface area (Å²) in [4.78, 5) is 37.1. The molecule has 1 atom stereocenters. The zero-order chi connectivity index (χ0) is 25.5. The summed E-state index contributed by atoms with van der Waals surface area (Å²) in [5.41, 5.74) is 2.63. The number of hydrogen-bond acceptors (Lipinski definition) is 5. The molecule has 182 valence electrons. The molecule has 1 heterocycles. The van der Waals surface area contributed by atoms with E-state index in [1.807, 2.05) is 31.2 Å². The molecule has 36 heavy (non-hydrogen) atoms. The molecular weight excluding hydrogens is 459 g/mol. The van der Waals surface area contributed by atoms with Gasteiger partial charge in [0.05, 0.1) is 13.3 Å². The molecule has 0 saturated carbocycles. The quantitative estimate of drug-likeness (QED) is 0.371. The summed E-state index contributed by atoms with van der Waals surface area (Å²) in [6, 6.07) is 18.7. The van der Waals surface area contributed by atoms with E-state index in [0.717, 1.165) is 12.0 Å². The fourth-order valence-corrected chi connectivity index (χ4v) is 3.76. The van der Waals surface area contributed by atoms with Crippen LogP contribution < -0.4 is 15.0 Å². The Hall–Kier alpha value is -4.59. The summed E-state index contributed by atoms with van der Waals surface area (Å²) in [5.74, 6) is -0.798. The highest BCUT2D eigenvalue weighted by molar-refractivity contribution is 6.11. The van der Waals surface area contributed by atoms with Gasteiger partial charge in [0.25, 0.3) is 11.8 Å². The molecular formula is C28H25FN4O3. The van der Waals surface area contributed by atoms with Gasteiger partial charge in [0.15, 0.2) is 0 Å². The van der Waals surface area contributed by atoms with Crippen molar-refractivity contribution in [3.63, 3.8) is 0 Å². The van der Waals surface area contributed by atoms with Crippen molar-refractivity contribution >= 4 is 23.2 Å². The van der Waals surface area contributed by atoms with Gasteiger partial charge in [-0.3, -0.25) is 19.5 Å². The molecule has 3 aromatic carbocycles. The molecule has 4 rings (SSSR count). The highest BCUT2D eigenvalue weighted by Gasteiger charge is 2.34. The Morgan fingerprint density at radius 1 is 0.972 bits per heavy atom. The van der Waals surface area contributed by atoms with E-state index >= 15 is 0 Å². The van der Waals surface area contributed by atoms with Gasteiger partial charge in [0, 0.05) is 23.8 Å². The summed E-state index contributed by atoms with van der Waals surface area (Å²) in [6.07, 6.45) is 5.07. The van der Waals surface area contributed by atoms with E-state index < -0.39 is 23.7 Å². The summed E-state index contributed by atoms with van der Waals surface area (Å²) < 4.78 is 18.7. The number of ether oxygens (including phenoxy) is 1. The maximum atomic E-state index is 13.8. The van der Waals surface area contributed by atoms with E-state index in [0.29, 0.717) is 22.7 Å². The average Bonchev–Trinajstić information content (AvgIpc) is 2.93. The first-order valence-corrected chi connectivity index (χ1v) is 11.4. The summed E-state index contributed by atoms with van der Waals surface area (Å²) in [6.45, 7) is 2.04. The third-order valence-electron chi connectivity index (χ3n) is 5.67. The van der Waals surface area contributed by atoms with Gasteiger partial charge in [-0.1, -0.05) is 31.2 Å². The van der Waals surface area contributed by atoms with Crippen molar-refractivity contribution in [3.05, 3.63) is 114 Å². The van der Waals surface area contributed by atoms with Crippen molar-refractivity contribution in [1.29, 1.82) is 0 Å². The lowest BCUT2D eigenvalue weighted by molar-refractivity contribution is -0.117. The van der Waals surface area contributed by atoms with Crippen molar-refractivity contribution in [1.82, 2.24) is 9.97 Å². The van der Waals surface area contributed by atoms with Gasteiger partial charge in [-0.15, -0.1) is 0 Å². The van der Waals surface area contributed by atoms with Crippen LogP contribution >= 0.6 is 0 Å². The number of hydrogen-bond donors (Lipinski definition) is 1. The van der Waals surface area contributed by atoms with E-state index in [4.69, 9.17) is 4.74 Å². The number of nitrogens with zero attached hydrogens (tertiary/aromatic N) is 3. The molecule has 0 bridgehead atoms. The SMILES string of the molecule is CCc1ccc([C@H](C(=O)Nc2ccc(F)cc2)N(C(=O)c2cnccn2)c2ccc(OC)cc2)cc1. The minimum atomic E-state index is -1.07. The topological polar surface area (TPSA) is 84.4 Å². The van der Waals surface area contributed by atoms with E-state index in [-0.39, 0.29) is 5.69 Å². The van der Waals surface area contributed by atoms with Crippen LogP contribution in [0, 0.1) is 5.82 Å². The van der Waals surface area contributed by atoms with Gasteiger partial charge in [0.1, 0.15) is 23.3 Å². The summed E-state index contributed by atoms with van der Waals surface area (Å²) in [7, 11) is 1.55. The molecule has 0 saturated heterocycles. The fraction of sp³-hybridized carbons (Fsp3) is 0.143. The Kier molecular flexibility index (Phi) is 7.65. The monoisotopic (exact) mass is 484 g/mol. The molecule has 0 spiro atoms. The van der Waals surface area contributed by atoms with Crippen molar-refractivity contribution in [2.24, 2.45) is 0 Å². The molecule has 0 unspecified atom stereocenters. The molecule has 0 aliphatic rings. The zero-order valence-corrected chi connectivity index (χ0v) is 19.9. The van der Waals surface area contributed by atoms with E-state index in [1.54, 1.807) is 31.4 Å². The number of rotatable bonds is 8. The number of nitrogens with one attached hydrogen (secondary N) is 1. The van der Waals surface area contributed by atoms with Crippen LogP contribution in [0.1, 0.15) is 34.6 Å². The normalized spacial score (nSPS) is 11.4. The number of amides is 2. The highest BCUT2D eigenvalue weighted by Crippen LogP contribution is 2.32. The van der Waals surface area contributed by atoms with Gasteiger partial charge in [-0.2, -0.15) is 0 Å². The Bertz CT molecular complexity index is 1310. The van der Waals surface area contributed by atoms with E-state index in [2.05, 4.69) is 15.3 Å². The molecule has 8 heteroatoms. The molecule has 0 fully saturated rings. The Balaban J connectivity index is 1.83. The van der Waals surface area contributed by atoms with Crippen LogP contribution in [0.2, 0.25) is 0 Å². The summed E-state index contributed by atoms with van der Waals surface area (Å²) >= 11 is 0. The fourth-order valence-electron chi connectivity index (χ4n) is 3.76. The van der Waals surface area contributed by atoms with Crippen molar-refractivity contribution in [3.8, 4) is 5.75 Å². The number of carbonyl (C=O) groups excluding carboxylic acids is 2. The predicted molar refractivity (Wildman–Crippen MR) is 135 cm³/mol. The lowest BCUT2D eigenvalue weighted by Gasteiger charge is -2.31. The van der Waals surface area contributed by atoms with Crippen LogP contribution in [0.15, 0.2) is 91.4 Å². The first-order valence-electron chi connectivity index (χ1n) is 11.4. The number of carbonyl (C=O) groups is 2. The van der Waals surface area contributed by atoms with Crippen LogP contribution in [-0.2, 0) is 11.2 Å². The molecule has 2 amide bonds. The molecule has 1 N–H and O–H groups in total. The average molecular weight is 485 g/mol. The van der Waals surface area contributed by atoms with Gasteiger partial charge in [0.2, 0.25) is 0 Å². The zero-order valence-electron chi connectivity index (χ0n) is 19.9. The predicted octanol–water partition coefficient (Wildman–Crippen LogP) is 5.21. The van der Waals surface area contributed by atoms with Crippen LogP contribution in [0.25, 0.3) is 0 Å². The number of halogens is 1. The molecule has 0 aliphatic carbocycles. The number of benzene rings is 3. The standard InChI is InChI=1S/C28H25FN4O3/c1-3-19-4-6-20(7-5-19)26(27(34)32-22-10-8-21(29)9-11-22)33(23-12-14-24(36-2)15-13-23)28(35)25-18-30-16-17-31-25/h4-18,26H,3H2,1-2H3,(H,32,34)/t26-/m1/s1. The van der Waals surface area contributed by atoms with Crippen molar-refractivity contribution in [2.45, 2.75) is 19.4 Å². The summed E-state index contributed by atoms with van der Waals surface area (Å²) in [5, 5.41) is 2.82. The molecule has 7 nitrogen and oxygen atoms in total. The first-order chi connectivity index (χ1) is 17.5. The lowest BCUT2D eigenvalue weighted by Crippen LogP contribution is -2.42. The van der Waals surface area contributed by atoms with Crippen LogP contribution in [0.4, 0.5) is 15.8 Å². The second-order valence-corrected chi connectivity index (χ2v) is 7.96. The third-order valence-corrected chi connectivity index (χ3v) is 5.67. The molecule has 4 aromatic rings. The molecule has 0 aliphatic heterocycles. The van der Waals surface area contributed by atoms with Crippen LogP contribution in [-0.4, -0.2) is 28.9 Å². The van der Waals surface area contributed by atoms with Gasteiger partial charge >= 0.3 is 0 Å². The second-order valence-electron chi connectivity index (χ2n) is 7.96. The Labute approximate surface area is 208 Å². The maximum absolute atomic E-state index is 13.8. The minimum Gasteiger partial charge on any atom is -0.497 e. The largest absolute Gasteiger partial charge is 0.497 e. The van der Waals surface area contributed by atoms with Crippen LogP contribution in [0.3, 0.4) is 0 Å². The van der Waals surface area contributed by atoms with E-state index in [9.17, 15) is 14.0 Å². The molecule has 1 aromatic heterocycles. The van der Waals surface area contributed by atoms with Crippen molar-refractivity contribution < 1.29 is 18.7 Å². The molecule has 0 radical (unpaired) electrons. The lowest BCUT2D eigenvalue weighted by atomic mass is 10.00. The van der Waals surface area contributed by atoms with E-state index in [1.165, 1.54) is 47.8 Å². The number of methoxy groups -OCH3 is 1. The van der Waals surface area contributed by atoms with Crippen LogP contribution in [0.5, 0.6) is 5.75 Å². The first kappa shape index (κ1) is 24.5. The third kappa shape index (κ3) is 5.55. The van der Waals surface area contributed by atoms with Crippen molar-refractivity contribution in [2.75, 3.05) is 17.3 Å². The smallest absolute Gasteiger partial charge is 0.279 e. The van der Waals surface area contributed by atoms with Gasteiger partial charge in [-0.25, -0.2) is 9.37 Å². The second kappa shape index (κ2) is 11.2. The Morgan fingerprint density at radius 2 is 1.67 bits per heavy atom. The van der Waals surface area contributed by atoms with Gasteiger partial charge < -0.3 is 10.1 Å². The Morgan fingerprint density at radius 3 is 2.25 bits per heavy atom. The van der Waals surface area contributed by atoms with Gasteiger partial charge in [-0.05, 0) is 66.1 Å². The highest BCUT2D eigenvalue weighted by atomic mass is 19.1. The number of anilines is 2.